The summed E-state index contributed by atoms with van der Waals surface area (Å²) in [5, 5.41) is 0. The van der Waals surface area contributed by atoms with Gasteiger partial charge in [-0.15, -0.1) is 0 Å². The van der Waals surface area contributed by atoms with Crippen LogP contribution in [0, 0.1) is 6.92 Å². The van der Waals surface area contributed by atoms with Crippen LogP contribution in [0.4, 0.5) is 0 Å². The maximum absolute atomic E-state index is 12.5. The van der Waals surface area contributed by atoms with Gasteiger partial charge in [-0.05, 0) is 42.7 Å². The zero-order valence-electron chi connectivity index (χ0n) is 11.4. The number of amides is 1. The molecule has 3 rings (SSSR count). The second-order valence-electron chi connectivity index (χ2n) is 5.26. The molecule has 0 atom stereocenters. The van der Waals surface area contributed by atoms with E-state index in [9.17, 15) is 4.79 Å². The van der Waals surface area contributed by atoms with Crippen LogP contribution in [0.3, 0.4) is 0 Å². The number of nitrogens with zero attached hydrogens (tertiary/aromatic N) is 1. The van der Waals surface area contributed by atoms with Crippen molar-refractivity contribution < 1.29 is 4.79 Å². The van der Waals surface area contributed by atoms with Crippen LogP contribution < -0.4 is 0 Å². The van der Waals surface area contributed by atoms with Crippen molar-refractivity contribution in [2.75, 3.05) is 6.54 Å². The molecule has 102 valence electrons. The fourth-order valence-corrected chi connectivity index (χ4v) is 2.98. The first-order valence-electron chi connectivity index (χ1n) is 6.77. The maximum atomic E-state index is 12.5. The zero-order valence-corrected chi connectivity index (χ0v) is 13.0. The van der Waals surface area contributed by atoms with Crippen LogP contribution in [0.5, 0.6) is 0 Å². The lowest BCUT2D eigenvalue weighted by Gasteiger charge is -2.28. The molecule has 0 spiro atoms. The van der Waals surface area contributed by atoms with Gasteiger partial charge in [0.2, 0.25) is 0 Å². The minimum absolute atomic E-state index is 0.138. The molecular formula is C17H16BrNO. The molecule has 3 heteroatoms. The van der Waals surface area contributed by atoms with Gasteiger partial charge in [0.15, 0.2) is 0 Å². The number of hydrogen-bond donors (Lipinski definition) is 0. The second kappa shape index (κ2) is 5.41. The van der Waals surface area contributed by atoms with Gasteiger partial charge in [-0.25, -0.2) is 0 Å². The minimum atomic E-state index is 0.138. The van der Waals surface area contributed by atoms with Gasteiger partial charge in [0.1, 0.15) is 0 Å². The van der Waals surface area contributed by atoms with Crippen molar-refractivity contribution >= 4 is 21.8 Å². The Labute approximate surface area is 127 Å². The summed E-state index contributed by atoms with van der Waals surface area (Å²) >= 11 is 3.46. The first-order valence-corrected chi connectivity index (χ1v) is 7.56. The first-order chi connectivity index (χ1) is 9.63. The van der Waals surface area contributed by atoms with Crippen LogP contribution in [0.25, 0.3) is 0 Å². The Bertz CT molecular complexity index is 649. The average molecular weight is 330 g/mol. The van der Waals surface area contributed by atoms with Gasteiger partial charge >= 0.3 is 0 Å². The minimum Gasteiger partial charge on any atom is -0.334 e. The fourth-order valence-electron chi connectivity index (χ4n) is 2.57. The Kier molecular flexibility index (Phi) is 3.62. The van der Waals surface area contributed by atoms with Crippen LogP contribution in [-0.4, -0.2) is 17.4 Å². The van der Waals surface area contributed by atoms with E-state index in [4.69, 9.17) is 0 Å². The summed E-state index contributed by atoms with van der Waals surface area (Å²) < 4.78 is 1.04. The van der Waals surface area contributed by atoms with E-state index in [1.165, 1.54) is 11.1 Å². The Balaban J connectivity index is 1.81. The van der Waals surface area contributed by atoms with Gasteiger partial charge in [0.05, 0.1) is 0 Å². The summed E-state index contributed by atoms with van der Waals surface area (Å²) in [6, 6.07) is 14.3. The van der Waals surface area contributed by atoms with E-state index < -0.39 is 0 Å². The first kappa shape index (κ1) is 13.4. The highest BCUT2D eigenvalue weighted by Gasteiger charge is 2.24. The SMILES string of the molecule is Cc1ccc(CN2CCc3cc(Br)ccc3C2=O)cc1. The highest BCUT2D eigenvalue weighted by Crippen LogP contribution is 2.24. The van der Waals surface area contributed by atoms with Crippen LogP contribution in [0.2, 0.25) is 0 Å². The second-order valence-corrected chi connectivity index (χ2v) is 6.18. The Hall–Kier alpha value is -1.61. The Morgan fingerprint density at radius 2 is 1.90 bits per heavy atom. The van der Waals surface area contributed by atoms with E-state index in [0.29, 0.717) is 6.54 Å². The molecule has 0 fully saturated rings. The maximum Gasteiger partial charge on any atom is 0.254 e. The van der Waals surface area contributed by atoms with Gasteiger partial charge < -0.3 is 4.90 Å². The highest BCUT2D eigenvalue weighted by molar-refractivity contribution is 9.10. The number of rotatable bonds is 2. The predicted molar refractivity (Wildman–Crippen MR) is 83.8 cm³/mol. The number of aryl methyl sites for hydroxylation is 1. The van der Waals surface area contributed by atoms with Crippen LogP contribution >= 0.6 is 15.9 Å². The molecule has 1 heterocycles. The van der Waals surface area contributed by atoms with E-state index in [1.807, 2.05) is 17.0 Å². The fraction of sp³-hybridized carbons (Fsp3) is 0.235. The molecule has 20 heavy (non-hydrogen) atoms. The van der Waals surface area contributed by atoms with Crippen molar-refractivity contribution in [2.24, 2.45) is 0 Å². The highest BCUT2D eigenvalue weighted by atomic mass is 79.9. The third kappa shape index (κ3) is 2.63. The summed E-state index contributed by atoms with van der Waals surface area (Å²) in [6.45, 7) is 3.55. The lowest BCUT2D eigenvalue weighted by molar-refractivity contribution is 0.0727. The van der Waals surface area contributed by atoms with Gasteiger partial charge in [-0.3, -0.25) is 4.79 Å². The molecule has 1 amide bonds. The number of fused-ring (bicyclic) bond motifs is 1. The number of carbonyl (C=O) groups is 1. The molecule has 2 nitrogen and oxygen atoms in total. The molecule has 0 N–H and O–H groups in total. The molecule has 1 aliphatic heterocycles. The number of benzene rings is 2. The summed E-state index contributed by atoms with van der Waals surface area (Å²) in [6.07, 6.45) is 0.923. The largest absolute Gasteiger partial charge is 0.334 e. The van der Waals surface area contributed by atoms with Crippen LogP contribution in [0.1, 0.15) is 27.0 Å². The van der Waals surface area contributed by atoms with E-state index in [1.54, 1.807) is 0 Å². The summed E-state index contributed by atoms with van der Waals surface area (Å²) in [4.78, 5) is 14.4. The van der Waals surface area contributed by atoms with Crippen molar-refractivity contribution in [3.63, 3.8) is 0 Å². The van der Waals surface area contributed by atoms with Crippen molar-refractivity contribution in [1.82, 2.24) is 4.90 Å². The van der Waals surface area contributed by atoms with Crippen molar-refractivity contribution in [2.45, 2.75) is 19.9 Å². The van der Waals surface area contributed by atoms with Crippen molar-refractivity contribution in [3.8, 4) is 0 Å². The van der Waals surface area contributed by atoms with Crippen molar-refractivity contribution in [3.05, 3.63) is 69.2 Å². The topological polar surface area (TPSA) is 20.3 Å². The lowest BCUT2D eigenvalue weighted by Crippen LogP contribution is -2.37. The van der Waals surface area contributed by atoms with Gasteiger partial charge in [-0.1, -0.05) is 45.8 Å². The van der Waals surface area contributed by atoms with Crippen molar-refractivity contribution in [1.29, 1.82) is 0 Å². The molecular weight excluding hydrogens is 314 g/mol. The van der Waals surface area contributed by atoms with E-state index in [2.05, 4.69) is 53.2 Å². The Morgan fingerprint density at radius 3 is 2.65 bits per heavy atom. The molecule has 0 radical (unpaired) electrons. The molecule has 0 aliphatic carbocycles. The lowest BCUT2D eigenvalue weighted by atomic mass is 9.98. The van der Waals surface area contributed by atoms with E-state index in [0.717, 1.165) is 28.6 Å². The Morgan fingerprint density at radius 1 is 1.15 bits per heavy atom. The molecule has 2 aromatic rings. The third-order valence-corrected chi connectivity index (χ3v) is 4.22. The number of hydrogen-bond acceptors (Lipinski definition) is 1. The molecule has 0 unspecified atom stereocenters. The normalized spacial score (nSPS) is 14.3. The third-order valence-electron chi connectivity index (χ3n) is 3.73. The summed E-state index contributed by atoms with van der Waals surface area (Å²) in [5.74, 6) is 0.138. The molecule has 0 saturated carbocycles. The molecule has 0 aromatic heterocycles. The molecule has 0 bridgehead atoms. The van der Waals surface area contributed by atoms with E-state index in [-0.39, 0.29) is 5.91 Å². The van der Waals surface area contributed by atoms with Gasteiger partial charge in [0.25, 0.3) is 5.91 Å². The van der Waals surface area contributed by atoms with Crippen LogP contribution in [-0.2, 0) is 13.0 Å². The van der Waals surface area contributed by atoms with Gasteiger partial charge in [0, 0.05) is 23.1 Å². The average Bonchev–Trinajstić information content (AvgIpc) is 2.44. The molecule has 0 saturated heterocycles. The van der Waals surface area contributed by atoms with E-state index >= 15 is 0 Å². The van der Waals surface area contributed by atoms with Crippen LogP contribution in [0.15, 0.2) is 46.9 Å². The quantitative estimate of drug-likeness (QED) is 0.816. The summed E-state index contributed by atoms with van der Waals surface area (Å²) in [7, 11) is 0. The zero-order chi connectivity index (χ0) is 14.1. The smallest absolute Gasteiger partial charge is 0.254 e. The standard InChI is InChI=1S/C17H16BrNO/c1-12-2-4-13(5-3-12)11-19-9-8-14-10-15(18)6-7-16(14)17(19)20/h2-7,10H,8-9,11H2,1H3. The number of halogens is 1. The number of carbonyl (C=O) groups excluding carboxylic acids is 1. The van der Waals surface area contributed by atoms with Gasteiger partial charge in [-0.2, -0.15) is 0 Å². The summed E-state index contributed by atoms with van der Waals surface area (Å²) in [5.41, 5.74) is 4.41. The monoisotopic (exact) mass is 329 g/mol. The molecule has 1 aliphatic rings. The predicted octanol–water partition coefficient (Wildman–Crippen LogP) is 3.96. The molecule has 2 aromatic carbocycles.